The second kappa shape index (κ2) is 9.38. The van der Waals surface area contributed by atoms with Gasteiger partial charge in [-0.2, -0.15) is 0 Å². The third kappa shape index (κ3) is 4.33. The van der Waals surface area contributed by atoms with Gasteiger partial charge in [0.05, 0.1) is 5.60 Å². The predicted molar refractivity (Wildman–Crippen MR) is 150 cm³/mol. The molecule has 8 nitrogen and oxygen atoms in total. The van der Waals surface area contributed by atoms with Crippen LogP contribution in [-0.4, -0.2) is 32.1 Å². The van der Waals surface area contributed by atoms with Crippen molar-refractivity contribution in [1.29, 1.82) is 0 Å². The number of carbonyl (C=O) groups is 1. The molecule has 4 aromatic rings. The van der Waals surface area contributed by atoms with E-state index in [-0.39, 0.29) is 23.3 Å². The molecule has 3 N–H and O–H groups in total. The molecule has 1 aromatic carbocycles. The first-order valence-electron chi connectivity index (χ1n) is 13.7. The minimum atomic E-state index is -0.928. The van der Waals surface area contributed by atoms with Gasteiger partial charge in [0.1, 0.15) is 17.0 Å². The Morgan fingerprint density at radius 2 is 1.82 bits per heavy atom. The molecule has 0 radical (unpaired) electrons. The zero-order chi connectivity index (χ0) is 27.5. The number of H-pyrrole nitrogens is 1. The summed E-state index contributed by atoms with van der Waals surface area (Å²) >= 11 is 0. The number of para-hydroxylation sites is 1. The van der Waals surface area contributed by atoms with Crippen LogP contribution < -0.4 is 15.6 Å². The van der Waals surface area contributed by atoms with Gasteiger partial charge < -0.3 is 24.7 Å². The molecule has 0 bridgehead atoms. The number of ether oxygens (including phenoxy) is 1. The number of nitrogens with one attached hydrogen (secondary N) is 2. The van der Waals surface area contributed by atoms with Crippen molar-refractivity contribution in [2.45, 2.75) is 52.1 Å². The Hall–Kier alpha value is -3.91. The summed E-state index contributed by atoms with van der Waals surface area (Å²) < 4.78 is 7.99. The Morgan fingerprint density at radius 3 is 2.44 bits per heavy atom. The molecule has 2 saturated carbocycles. The summed E-state index contributed by atoms with van der Waals surface area (Å²) in [5.74, 6) is 1.27. The number of aliphatic hydroxyl groups is 1. The lowest BCUT2D eigenvalue weighted by Gasteiger charge is -2.29. The Bertz CT molecular complexity index is 1630. The molecule has 3 heterocycles. The van der Waals surface area contributed by atoms with Gasteiger partial charge in [-0.25, -0.2) is 4.98 Å². The normalized spacial score (nSPS) is 15.5. The smallest absolute Gasteiger partial charge is 0.274 e. The minimum absolute atomic E-state index is 0.224. The lowest BCUT2D eigenvalue weighted by molar-refractivity contribution is -0.0105. The highest BCUT2D eigenvalue weighted by atomic mass is 16.5. The van der Waals surface area contributed by atoms with Crippen molar-refractivity contribution in [1.82, 2.24) is 19.9 Å². The van der Waals surface area contributed by atoms with E-state index in [0.29, 0.717) is 40.1 Å². The number of hydrogen-bond acceptors (Lipinski definition) is 5. The molecule has 0 unspecified atom stereocenters. The van der Waals surface area contributed by atoms with Crippen LogP contribution in [0.4, 0.5) is 0 Å². The number of carbonyl (C=O) groups excluding carboxylic acids is 1. The van der Waals surface area contributed by atoms with Crippen LogP contribution in [-0.2, 0) is 12.6 Å². The van der Waals surface area contributed by atoms with Crippen molar-refractivity contribution in [3.8, 4) is 22.8 Å². The molecular weight excluding hydrogens is 492 g/mol. The summed E-state index contributed by atoms with van der Waals surface area (Å²) in [7, 11) is 1.69. The zero-order valence-corrected chi connectivity index (χ0v) is 22.8. The number of aromatic amines is 1. The maximum absolute atomic E-state index is 13.1. The Morgan fingerprint density at radius 1 is 1.15 bits per heavy atom. The summed E-state index contributed by atoms with van der Waals surface area (Å²) in [6.45, 7) is 6.30. The van der Waals surface area contributed by atoms with Crippen LogP contribution in [0.5, 0.6) is 11.6 Å². The van der Waals surface area contributed by atoms with Gasteiger partial charge in [-0.3, -0.25) is 9.59 Å². The average Bonchev–Trinajstić information content (AvgIpc) is 3.85. The Labute approximate surface area is 227 Å². The van der Waals surface area contributed by atoms with Crippen LogP contribution >= 0.6 is 0 Å². The summed E-state index contributed by atoms with van der Waals surface area (Å²) in [6, 6.07) is 9.65. The fourth-order valence-corrected chi connectivity index (χ4v) is 5.78. The lowest BCUT2D eigenvalue weighted by Crippen LogP contribution is -2.31. The van der Waals surface area contributed by atoms with Crippen LogP contribution in [0.2, 0.25) is 0 Å². The van der Waals surface area contributed by atoms with Crippen molar-refractivity contribution in [2.75, 3.05) is 6.54 Å². The maximum Gasteiger partial charge on any atom is 0.274 e. The summed E-state index contributed by atoms with van der Waals surface area (Å²) in [5.41, 5.74) is 3.57. The SMILES string of the molecule is CCNC(=O)c1cc2c(-c3cc(C(O)(C4CC4)C4CC4)cnc3Oc3c(C)cccc3C)cn(C)c(=O)c2[nH]1. The molecule has 2 fully saturated rings. The van der Waals surface area contributed by atoms with E-state index >= 15 is 0 Å². The molecule has 0 spiro atoms. The van der Waals surface area contributed by atoms with Crippen molar-refractivity contribution >= 4 is 16.8 Å². The predicted octanol–water partition coefficient (Wildman–Crippen LogP) is 5.10. The van der Waals surface area contributed by atoms with Gasteiger partial charge in [0.2, 0.25) is 5.88 Å². The zero-order valence-electron chi connectivity index (χ0n) is 22.8. The van der Waals surface area contributed by atoms with E-state index in [4.69, 9.17) is 9.72 Å². The highest BCUT2D eigenvalue weighted by molar-refractivity contribution is 6.03. The fraction of sp³-hybridized carbons (Fsp3) is 0.387. The molecular formula is C31H34N4O4. The molecule has 0 atom stereocenters. The monoisotopic (exact) mass is 526 g/mol. The van der Waals surface area contributed by atoms with Crippen LogP contribution in [0, 0.1) is 25.7 Å². The van der Waals surface area contributed by atoms with Gasteiger partial charge >= 0.3 is 0 Å². The van der Waals surface area contributed by atoms with E-state index in [0.717, 1.165) is 48.1 Å². The molecule has 6 rings (SSSR count). The van der Waals surface area contributed by atoms with Gasteiger partial charge in [-0.15, -0.1) is 0 Å². The topological polar surface area (TPSA) is 109 Å². The second-order valence-electron chi connectivity index (χ2n) is 11.1. The fourth-order valence-electron chi connectivity index (χ4n) is 5.78. The lowest BCUT2D eigenvalue weighted by atomic mass is 9.84. The number of hydrogen-bond donors (Lipinski definition) is 3. The molecule has 0 saturated heterocycles. The van der Waals surface area contributed by atoms with Crippen LogP contribution in [0.15, 0.2) is 47.5 Å². The van der Waals surface area contributed by atoms with Gasteiger partial charge in [0, 0.05) is 48.1 Å². The highest BCUT2D eigenvalue weighted by Crippen LogP contribution is 2.58. The van der Waals surface area contributed by atoms with E-state index in [1.165, 1.54) is 4.57 Å². The van der Waals surface area contributed by atoms with E-state index in [9.17, 15) is 14.7 Å². The van der Waals surface area contributed by atoms with Crippen LogP contribution in [0.3, 0.4) is 0 Å². The van der Waals surface area contributed by atoms with Crippen molar-refractivity contribution in [2.24, 2.45) is 18.9 Å². The molecule has 1 amide bonds. The number of pyridine rings is 2. The van der Waals surface area contributed by atoms with E-state index in [2.05, 4.69) is 10.3 Å². The molecule has 202 valence electrons. The number of rotatable bonds is 8. The number of aryl methyl sites for hydroxylation is 3. The minimum Gasteiger partial charge on any atom is -0.438 e. The van der Waals surface area contributed by atoms with Crippen molar-refractivity contribution < 1.29 is 14.6 Å². The largest absolute Gasteiger partial charge is 0.438 e. The molecule has 8 heteroatoms. The summed E-state index contributed by atoms with van der Waals surface area (Å²) in [5, 5.41) is 15.3. The first-order chi connectivity index (χ1) is 18.7. The van der Waals surface area contributed by atoms with Gasteiger partial charge in [-0.1, -0.05) is 18.2 Å². The molecule has 2 aliphatic rings. The third-order valence-electron chi connectivity index (χ3n) is 8.16. The Kier molecular flexibility index (Phi) is 6.10. The van der Waals surface area contributed by atoms with Crippen LogP contribution in [0.25, 0.3) is 22.0 Å². The highest BCUT2D eigenvalue weighted by Gasteiger charge is 2.54. The van der Waals surface area contributed by atoms with Gasteiger partial charge in [0.25, 0.3) is 11.5 Å². The molecule has 0 aliphatic heterocycles. The standard InChI is InChI=1S/C31H34N4O4/c1-5-32-28(36)25-14-22-24(16-35(4)30(37)26(22)34-25)23-13-21(31(38,19-9-10-19)20-11-12-20)15-33-29(23)39-27-17(2)7-6-8-18(27)3/h6-8,13-16,19-20,34,38H,5,9-12H2,1-4H3,(H,32,36). The number of fused-ring (bicyclic) bond motifs is 1. The van der Waals surface area contributed by atoms with E-state index in [1.54, 1.807) is 25.5 Å². The number of nitrogens with zero attached hydrogens (tertiary/aromatic N) is 2. The van der Waals surface area contributed by atoms with Gasteiger partial charge in [-0.05, 0) is 81.5 Å². The summed E-state index contributed by atoms with van der Waals surface area (Å²) in [6.07, 6.45) is 7.51. The third-order valence-corrected chi connectivity index (χ3v) is 8.16. The first kappa shape index (κ1) is 25.4. The average molecular weight is 527 g/mol. The van der Waals surface area contributed by atoms with Crippen LogP contribution in [0.1, 0.15) is 59.8 Å². The van der Waals surface area contributed by atoms with Crippen molar-refractivity contribution in [3.05, 3.63) is 75.5 Å². The molecule has 2 aliphatic carbocycles. The van der Waals surface area contributed by atoms with Gasteiger partial charge in [0.15, 0.2) is 0 Å². The van der Waals surface area contributed by atoms with E-state index in [1.807, 2.05) is 45.0 Å². The van der Waals surface area contributed by atoms with E-state index < -0.39 is 5.60 Å². The number of benzene rings is 1. The molecule has 39 heavy (non-hydrogen) atoms. The number of aromatic nitrogens is 3. The quantitative estimate of drug-likeness (QED) is 0.296. The maximum atomic E-state index is 13.1. The number of amides is 1. The first-order valence-corrected chi connectivity index (χ1v) is 13.7. The van der Waals surface area contributed by atoms with Crippen molar-refractivity contribution in [3.63, 3.8) is 0 Å². The second-order valence-corrected chi connectivity index (χ2v) is 11.1. The molecule has 3 aromatic heterocycles. The summed E-state index contributed by atoms with van der Waals surface area (Å²) in [4.78, 5) is 33.6. The Balaban J connectivity index is 1.58.